The Morgan fingerprint density at radius 1 is 1.32 bits per heavy atom. The number of fused-ring (bicyclic) bond motifs is 1. The summed E-state index contributed by atoms with van der Waals surface area (Å²) in [6.07, 6.45) is 4.17. The first kappa shape index (κ1) is 12.2. The number of aromatic carboxylic acids is 1. The maximum absolute atomic E-state index is 12.3. The smallest absolute Gasteiger partial charge is 0.335 e. The van der Waals surface area contributed by atoms with E-state index in [9.17, 15) is 9.59 Å². The maximum Gasteiger partial charge on any atom is 0.335 e. The highest BCUT2D eigenvalue weighted by molar-refractivity contribution is 5.98. The van der Waals surface area contributed by atoms with Crippen LogP contribution in [0.25, 0.3) is 0 Å². The molecule has 1 aliphatic carbocycles. The molecule has 1 saturated carbocycles. The zero-order valence-corrected chi connectivity index (χ0v) is 10.5. The first-order valence-electron chi connectivity index (χ1n) is 6.60. The molecule has 1 aliphatic heterocycles. The van der Waals surface area contributed by atoms with Gasteiger partial charge in [0.1, 0.15) is 0 Å². The molecule has 1 amide bonds. The standard InChI is InChI=1S/C14H16N2O3/c17-13-11-6-1-2-7-12(11)15-16(13)10-5-3-4-9(8-10)14(18)19/h3-5,8,11-12,15H,1-2,6-7H2,(H,18,19). The molecular weight excluding hydrogens is 244 g/mol. The number of benzene rings is 1. The molecule has 1 heterocycles. The van der Waals surface area contributed by atoms with Gasteiger partial charge in [0.2, 0.25) is 5.91 Å². The van der Waals surface area contributed by atoms with E-state index in [0.29, 0.717) is 5.69 Å². The Kier molecular flexibility index (Phi) is 2.98. The fraction of sp³-hybridized carbons (Fsp3) is 0.429. The van der Waals surface area contributed by atoms with Crippen molar-refractivity contribution in [3.63, 3.8) is 0 Å². The molecule has 1 saturated heterocycles. The lowest BCUT2D eigenvalue weighted by Gasteiger charge is -2.21. The zero-order valence-electron chi connectivity index (χ0n) is 10.5. The van der Waals surface area contributed by atoms with E-state index in [2.05, 4.69) is 5.43 Å². The molecule has 1 aromatic carbocycles. The Labute approximate surface area is 111 Å². The molecule has 100 valence electrons. The maximum atomic E-state index is 12.3. The van der Waals surface area contributed by atoms with Crippen LogP contribution in [-0.4, -0.2) is 23.0 Å². The third-order valence-corrected chi connectivity index (χ3v) is 3.95. The minimum Gasteiger partial charge on any atom is -0.478 e. The van der Waals surface area contributed by atoms with E-state index in [0.717, 1.165) is 25.7 Å². The van der Waals surface area contributed by atoms with E-state index in [-0.39, 0.29) is 23.4 Å². The van der Waals surface area contributed by atoms with Crippen LogP contribution in [0.1, 0.15) is 36.0 Å². The highest BCUT2D eigenvalue weighted by Gasteiger charge is 2.41. The number of carboxylic acids is 1. The second-order valence-corrected chi connectivity index (χ2v) is 5.16. The topological polar surface area (TPSA) is 69.6 Å². The van der Waals surface area contributed by atoms with E-state index in [1.807, 2.05) is 0 Å². The van der Waals surface area contributed by atoms with Gasteiger partial charge in [-0.25, -0.2) is 15.2 Å². The molecule has 5 nitrogen and oxygen atoms in total. The summed E-state index contributed by atoms with van der Waals surface area (Å²) in [5.74, 6) is -0.875. The van der Waals surface area contributed by atoms with Crippen molar-refractivity contribution in [2.75, 3.05) is 5.01 Å². The normalized spacial score (nSPS) is 26.3. The zero-order chi connectivity index (χ0) is 13.4. The first-order chi connectivity index (χ1) is 9.16. The largest absolute Gasteiger partial charge is 0.478 e. The van der Waals surface area contributed by atoms with Crippen molar-refractivity contribution in [3.8, 4) is 0 Å². The third kappa shape index (κ3) is 2.10. The molecule has 1 aromatic rings. The second-order valence-electron chi connectivity index (χ2n) is 5.16. The summed E-state index contributed by atoms with van der Waals surface area (Å²) >= 11 is 0. The van der Waals surface area contributed by atoms with Crippen LogP contribution in [0.4, 0.5) is 5.69 Å². The molecule has 3 rings (SSSR count). The average molecular weight is 260 g/mol. The monoisotopic (exact) mass is 260 g/mol. The first-order valence-corrected chi connectivity index (χ1v) is 6.60. The lowest BCUT2D eigenvalue weighted by molar-refractivity contribution is -0.121. The number of hydrogen-bond acceptors (Lipinski definition) is 3. The fourth-order valence-corrected chi connectivity index (χ4v) is 2.96. The SMILES string of the molecule is O=C(O)c1cccc(N2NC3CCCCC3C2=O)c1. The van der Waals surface area contributed by atoms with Gasteiger partial charge in [-0.05, 0) is 31.0 Å². The van der Waals surface area contributed by atoms with Crippen LogP contribution in [0, 0.1) is 5.92 Å². The van der Waals surface area contributed by atoms with Crippen LogP contribution in [0.15, 0.2) is 24.3 Å². The summed E-state index contributed by atoms with van der Waals surface area (Å²) in [5, 5.41) is 10.5. The number of nitrogens with zero attached hydrogens (tertiary/aromatic N) is 1. The summed E-state index contributed by atoms with van der Waals surface area (Å²) in [4.78, 5) is 23.3. The molecule has 0 aromatic heterocycles. The second kappa shape index (κ2) is 4.66. The van der Waals surface area contributed by atoms with Gasteiger partial charge >= 0.3 is 5.97 Å². The van der Waals surface area contributed by atoms with E-state index >= 15 is 0 Å². The number of rotatable bonds is 2. The molecule has 5 heteroatoms. The number of carboxylic acid groups (broad SMARTS) is 1. The van der Waals surface area contributed by atoms with Crippen LogP contribution in [0.2, 0.25) is 0 Å². The van der Waals surface area contributed by atoms with E-state index < -0.39 is 5.97 Å². The molecule has 0 spiro atoms. The van der Waals surface area contributed by atoms with Gasteiger partial charge in [0.25, 0.3) is 0 Å². The number of carbonyl (C=O) groups excluding carboxylic acids is 1. The van der Waals surface area contributed by atoms with Crippen molar-refractivity contribution >= 4 is 17.6 Å². The molecule has 0 bridgehead atoms. The van der Waals surface area contributed by atoms with Gasteiger partial charge in [-0.15, -0.1) is 0 Å². The Hall–Kier alpha value is -1.88. The van der Waals surface area contributed by atoms with Gasteiger partial charge in [0.15, 0.2) is 0 Å². The van der Waals surface area contributed by atoms with Gasteiger partial charge in [-0.2, -0.15) is 0 Å². The minimum atomic E-state index is -0.981. The van der Waals surface area contributed by atoms with Gasteiger partial charge in [0.05, 0.1) is 17.2 Å². The Balaban J connectivity index is 1.88. The van der Waals surface area contributed by atoms with Gasteiger partial charge in [0, 0.05) is 6.04 Å². The molecule has 2 N–H and O–H groups in total. The molecule has 0 radical (unpaired) electrons. The van der Waals surface area contributed by atoms with E-state index in [4.69, 9.17) is 5.11 Å². The van der Waals surface area contributed by atoms with Crippen LogP contribution < -0.4 is 10.4 Å². The number of anilines is 1. The lowest BCUT2D eigenvalue weighted by atomic mass is 9.86. The van der Waals surface area contributed by atoms with Gasteiger partial charge < -0.3 is 5.11 Å². The number of hydrogen-bond donors (Lipinski definition) is 2. The van der Waals surface area contributed by atoms with Crippen LogP contribution in [0.5, 0.6) is 0 Å². The number of hydrazine groups is 1. The highest BCUT2D eigenvalue weighted by atomic mass is 16.4. The Bertz CT molecular complexity index is 529. The van der Waals surface area contributed by atoms with E-state index in [1.165, 1.54) is 17.1 Å². The van der Waals surface area contributed by atoms with E-state index in [1.54, 1.807) is 12.1 Å². The van der Waals surface area contributed by atoms with Gasteiger partial charge in [-0.3, -0.25) is 4.79 Å². The van der Waals surface area contributed by atoms with Crippen LogP contribution in [-0.2, 0) is 4.79 Å². The van der Waals surface area contributed by atoms with Crippen molar-refractivity contribution in [2.45, 2.75) is 31.7 Å². The molecule has 19 heavy (non-hydrogen) atoms. The fourth-order valence-electron chi connectivity index (χ4n) is 2.96. The molecule has 2 fully saturated rings. The number of nitrogens with one attached hydrogen (secondary N) is 1. The summed E-state index contributed by atoms with van der Waals surface area (Å²) in [7, 11) is 0. The van der Waals surface area contributed by atoms with Crippen molar-refractivity contribution < 1.29 is 14.7 Å². The predicted molar refractivity (Wildman–Crippen MR) is 69.8 cm³/mol. The predicted octanol–water partition coefficient (Wildman–Crippen LogP) is 1.79. The van der Waals surface area contributed by atoms with Crippen LogP contribution in [0.3, 0.4) is 0 Å². The summed E-state index contributed by atoms with van der Waals surface area (Å²) in [5.41, 5.74) is 4.02. The Morgan fingerprint density at radius 3 is 2.84 bits per heavy atom. The highest BCUT2D eigenvalue weighted by Crippen LogP contribution is 2.32. The molecular formula is C14H16N2O3. The van der Waals surface area contributed by atoms with Crippen molar-refractivity contribution in [2.24, 2.45) is 5.92 Å². The molecule has 2 atom stereocenters. The van der Waals surface area contributed by atoms with Crippen molar-refractivity contribution in [1.29, 1.82) is 0 Å². The van der Waals surface area contributed by atoms with Crippen LogP contribution >= 0.6 is 0 Å². The number of amides is 1. The third-order valence-electron chi connectivity index (χ3n) is 3.95. The summed E-state index contributed by atoms with van der Waals surface area (Å²) < 4.78 is 0. The Morgan fingerprint density at radius 2 is 2.11 bits per heavy atom. The lowest BCUT2D eigenvalue weighted by Crippen LogP contribution is -2.37. The summed E-state index contributed by atoms with van der Waals surface area (Å²) in [6.45, 7) is 0. The van der Waals surface area contributed by atoms with Crippen molar-refractivity contribution in [1.82, 2.24) is 5.43 Å². The minimum absolute atomic E-state index is 0.0437. The number of carbonyl (C=O) groups is 2. The van der Waals surface area contributed by atoms with Gasteiger partial charge in [-0.1, -0.05) is 18.9 Å². The van der Waals surface area contributed by atoms with Crippen molar-refractivity contribution in [3.05, 3.63) is 29.8 Å². The molecule has 2 unspecified atom stereocenters. The average Bonchev–Trinajstić information content (AvgIpc) is 2.77. The quantitative estimate of drug-likeness (QED) is 0.850. The molecule has 2 aliphatic rings. The summed E-state index contributed by atoms with van der Waals surface area (Å²) in [6, 6.07) is 6.68.